The summed E-state index contributed by atoms with van der Waals surface area (Å²) in [5.74, 6) is -1.07. The molecule has 114 valence electrons. The number of aromatic nitrogens is 1. The van der Waals surface area contributed by atoms with Crippen LogP contribution in [0.2, 0.25) is 10.3 Å². The average Bonchev–Trinajstić information content (AvgIpc) is 2.63. The van der Waals surface area contributed by atoms with Crippen LogP contribution in [0.5, 0.6) is 0 Å². The number of hydrogen-bond acceptors (Lipinski definition) is 4. The highest BCUT2D eigenvalue weighted by atomic mass is 35.5. The molecule has 0 saturated carbocycles. The molecule has 0 aliphatic carbocycles. The third-order valence-electron chi connectivity index (χ3n) is 3.28. The molecule has 1 aliphatic rings. The van der Waals surface area contributed by atoms with Crippen LogP contribution in [-0.4, -0.2) is 64.5 Å². The number of aliphatic carboxylic acids is 1. The minimum absolute atomic E-state index is 0.00864. The Hall–Kier alpha value is -1.37. The second-order valence-electron chi connectivity index (χ2n) is 4.79. The van der Waals surface area contributed by atoms with E-state index in [0.717, 1.165) is 6.42 Å². The van der Waals surface area contributed by atoms with Crippen LogP contribution in [0, 0.1) is 0 Å². The molecule has 1 aliphatic heterocycles. The molecule has 1 amide bonds. The van der Waals surface area contributed by atoms with Crippen molar-refractivity contribution < 1.29 is 14.7 Å². The summed E-state index contributed by atoms with van der Waals surface area (Å²) in [6.45, 7) is 2.20. The van der Waals surface area contributed by atoms with Crippen molar-refractivity contribution in [1.29, 1.82) is 0 Å². The van der Waals surface area contributed by atoms with E-state index in [2.05, 4.69) is 4.98 Å². The molecule has 1 aromatic heterocycles. The SMILES string of the molecule is O=C(O)CN1CCCN(C(=O)c2ccc(Cl)nc2Cl)CC1. The molecule has 8 heteroatoms. The predicted molar refractivity (Wildman–Crippen MR) is 78.9 cm³/mol. The third-order valence-corrected chi connectivity index (χ3v) is 3.78. The first-order valence-electron chi connectivity index (χ1n) is 6.53. The van der Waals surface area contributed by atoms with Crippen molar-refractivity contribution in [2.45, 2.75) is 6.42 Å². The number of carbonyl (C=O) groups excluding carboxylic acids is 1. The molecule has 0 bridgehead atoms. The van der Waals surface area contributed by atoms with Crippen molar-refractivity contribution in [2.75, 3.05) is 32.7 Å². The molecule has 1 N–H and O–H groups in total. The Balaban J connectivity index is 2.04. The number of pyridine rings is 1. The smallest absolute Gasteiger partial charge is 0.317 e. The van der Waals surface area contributed by atoms with Gasteiger partial charge >= 0.3 is 5.97 Å². The number of carboxylic acids is 1. The Labute approximate surface area is 132 Å². The maximum atomic E-state index is 12.4. The lowest BCUT2D eigenvalue weighted by atomic mass is 10.2. The Morgan fingerprint density at radius 3 is 2.62 bits per heavy atom. The third kappa shape index (κ3) is 4.30. The normalized spacial score (nSPS) is 16.6. The van der Waals surface area contributed by atoms with Crippen LogP contribution < -0.4 is 0 Å². The van der Waals surface area contributed by atoms with Gasteiger partial charge in [0.05, 0.1) is 12.1 Å². The number of amides is 1. The van der Waals surface area contributed by atoms with Crippen LogP contribution in [0.1, 0.15) is 16.8 Å². The van der Waals surface area contributed by atoms with Crippen molar-refractivity contribution >= 4 is 35.1 Å². The molecule has 1 fully saturated rings. The molecular formula is C13H15Cl2N3O3. The summed E-state index contributed by atoms with van der Waals surface area (Å²) >= 11 is 11.7. The minimum Gasteiger partial charge on any atom is -0.480 e. The average molecular weight is 332 g/mol. The predicted octanol–water partition coefficient (Wildman–Crippen LogP) is 1.62. The standard InChI is InChI=1S/C13H15Cl2N3O3/c14-10-3-2-9(12(15)16-10)13(21)18-5-1-4-17(6-7-18)8-11(19)20/h2-3H,1,4-8H2,(H,19,20). The highest BCUT2D eigenvalue weighted by Crippen LogP contribution is 2.19. The summed E-state index contributed by atoms with van der Waals surface area (Å²) in [5.41, 5.74) is 0.313. The summed E-state index contributed by atoms with van der Waals surface area (Å²) in [4.78, 5) is 30.5. The van der Waals surface area contributed by atoms with Gasteiger partial charge in [-0.2, -0.15) is 0 Å². The summed E-state index contributed by atoms with van der Waals surface area (Å²) in [6, 6.07) is 3.08. The van der Waals surface area contributed by atoms with Crippen LogP contribution in [-0.2, 0) is 4.79 Å². The van der Waals surface area contributed by atoms with E-state index < -0.39 is 5.97 Å². The Bertz CT molecular complexity index is 553. The lowest BCUT2D eigenvalue weighted by molar-refractivity contribution is -0.138. The number of carboxylic acid groups (broad SMARTS) is 1. The van der Waals surface area contributed by atoms with Gasteiger partial charge in [-0.3, -0.25) is 14.5 Å². The number of halogens is 2. The fraction of sp³-hybridized carbons (Fsp3) is 0.462. The first-order chi connectivity index (χ1) is 9.97. The first kappa shape index (κ1) is 16.0. The maximum Gasteiger partial charge on any atom is 0.317 e. The largest absolute Gasteiger partial charge is 0.480 e. The molecule has 0 aromatic carbocycles. The zero-order chi connectivity index (χ0) is 15.4. The van der Waals surface area contributed by atoms with E-state index in [0.29, 0.717) is 31.7 Å². The molecule has 6 nitrogen and oxygen atoms in total. The lowest BCUT2D eigenvalue weighted by Gasteiger charge is -2.21. The van der Waals surface area contributed by atoms with E-state index in [1.807, 2.05) is 4.90 Å². The van der Waals surface area contributed by atoms with Crippen molar-refractivity contribution in [3.8, 4) is 0 Å². The van der Waals surface area contributed by atoms with Crippen LogP contribution in [0.3, 0.4) is 0 Å². The quantitative estimate of drug-likeness (QED) is 0.852. The lowest BCUT2D eigenvalue weighted by Crippen LogP contribution is -2.36. The summed E-state index contributed by atoms with van der Waals surface area (Å²) in [7, 11) is 0. The van der Waals surface area contributed by atoms with E-state index in [1.54, 1.807) is 11.0 Å². The zero-order valence-corrected chi connectivity index (χ0v) is 12.8. The summed E-state index contributed by atoms with van der Waals surface area (Å²) in [5, 5.41) is 9.13. The van der Waals surface area contributed by atoms with E-state index in [9.17, 15) is 9.59 Å². The van der Waals surface area contributed by atoms with Gasteiger partial charge in [0.1, 0.15) is 10.3 Å². The van der Waals surface area contributed by atoms with Gasteiger partial charge in [-0.05, 0) is 18.6 Å². The highest BCUT2D eigenvalue weighted by Gasteiger charge is 2.23. The Morgan fingerprint density at radius 2 is 1.95 bits per heavy atom. The maximum absolute atomic E-state index is 12.4. The Kier molecular flexibility index (Phi) is 5.39. The van der Waals surface area contributed by atoms with Crippen LogP contribution in [0.25, 0.3) is 0 Å². The van der Waals surface area contributed by atoms with Gasteiger partial charge in [0.25, 0.3) is 5.91 Å². The molecule has 0 atom stereocenters. The molecule has 1 saturated heterocycles. The fourth-order valence-electron chi connectivity index (χ4n) is 2.27. The number of hydrogen-bond donors (Lipinski definition) is 1. The van der Waals surface area contributed by atoms with Gasteiger partial charge in [-0.15, -0.1) is 0 Å². The van der Waals surface area contributed by atoms with Crippen molar-refractivity contribution in [1.82, 2.24) is 14.8 Å². The number of carbonyl (C=O) groups is 2. The minimum atomic E-state index is -0.861. The van der Waals surface area contributed by atoms with Crippen LogP contribution >= 0.6 is 23.2 Å². The van der Waals surface area contributed by atoms with Crippen LogP contribution in [0.4, 0.5) is 0 Å². The van der Waals surface area contributed by atoms with Gasteiger partial charge in [0.15, 0.2) is 0 Å². The molecule has 21 heavy (non-hydrogen) atoms. The van der Waals surface area contributed by atoms with Crippen molar-refractivity contribution in [3.05, 3.63) is 28.0 Å². The Morgan fingerprint density at radius 1 is 1.19 bits per heavy atom. The second-order valence-corrected chi connectivity index (χ2v) is 5.53. The molecule has 0 spiro atoms. The number of rotatable bonds is 3. The molecule has 1 aromatic rings. The van der Waals surface area contributed by atoms with Gasteiger partial charge in [-0.1, -0.05) is 23.2 Å². The molecule has 0 unspecified atom stereocenters. The van der Waals surface area contributed by atoms with E-state index in [-0.39, 0.29) is 22.8 Å². The summed E-state index contributed by atoms with van der Waals surface area (Å²) < 4.78 is 0. The highest BCUT2D eigenvalue weighted by molar-refractivity contribution is 6.34. The summed E-state index contributed by atoms with van der Waals surface area (Å²) in [6.07, 6.45) is 0.720. The first-order valence-corrected chi connectivity index (χ1v) is 7.28. The van der Waals surface area contributed by atoms with Crippen molar-refractivity contribution in [2.24, 2.45) is 0 Å². The fourth-order valence-corrected chi connectivity index (χ4v) is 2.69. The molecular weight excluding hydrogens is 317 g/mol. The van der Waals surface area contributed by atoms with Crippen LogP contribution in [0.15, 0.2) is 12.1 Å². The van der Waals surface area contributed by atoms with E-state index in [4.69, 9.17) is 28.3 Å². The van der Waals surface area contributed by atoms with Crippen molar-refractivity contribution in [3.63, 3.8) is 0 Å². The van der Waals surface area contributed by atoms with E-state index in [1.165, 1.54) is 6.07 Å². The van der Waals surface area contributed by atoms with Gasteiger partial charge in [0.2, 0.25) is 0 Å². The number of nitrogens with zero attached hydrogens (tertiary/aromatic N) is 3. The zero-order valence-electron chi connectivity index (χ0n) is 11.3. The monoisotopic (exact) mass is 331 g/mol. The molecule has 2 heterocycles. The molecule has 2 rings (SSSR count). The van der Waals surface area contributed by atoms with Gasteiger partial charge < -0.3 is 10.0 Å². The van der Waals surface area contributed by atoms with Gasteiger partial charge in [0, 0.05) is 26.2 Å². The van der Waals surface area contributed by atoms with Gasteiger partial charge in [-0.25, -0.2) is 4.98 Å². The topological polar surface area (TPSA) is 73.7 Å². The second kappa shape index (κ2) is 7.06. The van der Waals surface area contributed by atoms with E-state index >= 15 is 0 Å². The molecule has 0 radical (unpaired) electrons.